The van der Waals surface area contributed by atoms with E-state index < -0.39 is 0 Å². The molecule has 1 aromatic carbocycles. The molecule has 2 aromatic heterocycles. The molecule has 28 heavy (non-hydrogen) atoms. The Morgan fingerprint density at radius 1 is 1.18 bits per heavy atom. The number of carbonyl (C=O) groups excluding carboxylic acids is 1. The highest BCUT2D eigenvalue weighted by Crippen LogP contribution is 2.16. The molecular formula is C21H24N4O2S. The van der Waals surface area contributed by atoms with Crippen molar-refractivity contribution in [3.63, 3.8) is 0 Å². The molecule has 0 saturated carbocycles. The van der Waals surface area contributed by atoms with E-state index in [0.29, 0.717) is 23.4 Å². The highest BCUT2D eigenvalue weighted by Gasteiger charge is 2.15. The van der Waals surface area contributed by atoms with Gasteiger partial charge in [-0.15, -0.1) is 11.3 Å². The lowest BCUT2D eigenvalue weighted by Gasteiger charge is -2.16. The quantitative estimate of drug-likeness (QED) is 0.696. The molecule has 1 aliphatic heterocycles. The summed E-state index contributed by atoms with van der Waals surface area (Å²) in [6.45, 7) is 5.83. The van der Waals surface area contributed by atoms with Crippen molar-refractivity contribution >= 4 is 28.0 Å². The number of benzene rings is 1. The van der Waals surface area contributed by atoms with Gasteiger partial charge in [0.15, 0.2) is 0 Å². The van der Waals surface area contributed by atoms with Crippen LogP contribution in [0.2, 0.25) is 0 Å². The number of rotatable bonds is 6. The monoisotopic (exact) mass is 396 g/mol. The first-order valence-corrected chi connectivity index (χ1v) is 10.5. The number of nitrogens with zero attached hydrogens (tertiary/aromatic N) is 3. The average Bonchev–Trinajstić information content (AvgIpc) is 3.38. The summed E-state index contributed by atoms with van der Waals surface area (Å²) in [4.78, 5) is 28.3. The van der Waals surface area contributed by atoms with Crippen molar-refractivity contribution in [2.75, 3.05) is 19.6 Å². The summed E-state index contributed by atoms with van der Waals surface area (Å²) in [6.07, 6.45) is 2.44. The summed E-state index contributed by atoms with van der Waals surface area (Å²) in [6, 6.07) is 9.37. The summed E-state index contributed by atoms with van der Waals surface area (Å²) in [5, 5.41) is 11.0. The molecule has 1 fully saturated rings. The van der Waals surface area contributed by atoms with Crippen LogP contribution in [0.4, 0.5) is 0 Å². The topological polar surface area (TPSA) is 67.2 Å². The molecule has 1 aliphatic rings. The van der Waals surface area contributed by atoms with E-state index >= 15 is 0 Å². The van der Waals surface area contributed by atoms with Gasteiger partial charge in [0, 0.05) is 11.9 Å². The molecule has 1 N–H and O–H groups in total. The van der Waals surface area contributed by atoms with Crippen molar-refractivity contribution in [3.05, 3.63) is 62.2 Å². The Hall–Kier alpha value is -2.51. The minimum absolute atomic E-state index is 0.0706. The predicted octanol–water partition coefficient (Wildman–Crippen LogP) is 2.79. The van der Waals surface area contributed by atoms with Crippen molar-refractivity contribution in [3.8, 4) is 0 Å². The fourth-order valence-corrected chi connectivity index (χ4v) is 4.45. The van der Waals surface area contributed by atoms with Crippen molar-refractivity contribution < 1.29 is 4.79 Å². The molecule has 146 valence electrons. The molecular weight excluding hydrogens is 372 g/mol. The Kier molecular flexibility index (Phi) is 5.54. The number of aryl methyl sites for hydroxylation is 1. The van der Waals surface area contributed by atoms with Crippen LogP contribution in [0.3, 0.4) is 0 Å². The van der Waals surface area contributed by atoms with E-state index in [9.17, 15) is 9.59 Å². The van der Waals surface area contributed by atoms with E-state index in [-0.39, 0.29) is 11.5 Å². The van der Waals surface area contributed by atoms with Crippen molar-refractivity contribution in [2.24, 2.45) is 0 Å². The van der Waals surface area contributed by atoms with Crippen molar-refractivity contribution in [1.82, 2.24) is 20.0 Å². The number of hydrogen-bond acceptors (Lipinski definition) is 5. The number of nitrogens with one attached hydrogen (secondary N) is 1. The SMILES string of the molecule is Cc1csc(C(=O)NCc2nn(CCN3CCCC3)c(=O)c3ccccc23)c1. The van der Waals surface area contributed by atoms with Crippen LogP contribution >= 0.6 is 11.3 Å². The third-order valence-corrected chi connectivity index (χ3v) is 6.19. The zero-order valence-corrected chi connectivity index (χ0v) is 16.8. The zero-order chi connectivity index (χ0) is 19.5. The lowest BCUT2D eigenvalue weighted by atomic mass is 10.1. The summed E-state index contributed by atoms with van der Waals surface area (Å²) in [5.74, 6) is -0.112. The van der Waals surface area contributed by atoms with E-state index in [4.69, 9.17) is 0 Å². The van der Waals surface area contributed by atoms with Gasteiger partial charge in [0.2, 0.25) is 0 Å². The van der Waals surface area contributed by atoms with Crippen molar-refractivity contribution in [1.29, 1.82) is 0 Å². The number of likely N-dealkylation sites (tertiary alicyclic amines) is 1. The first-order chi connectivity index (χ1) is 13.6. The first-order valence-electron chi connectivity index (χ1n) is 9.66. The maximum absolute atomic E-state index is 12.8. The lowest BCUT2D eigenvalue weighted by Crippen LogP contribution is -2.32. The molecule has 6 nitrogen and oxygen atoms in total. The van der Waals surface area contributed by atoms with Crippen LogP contribution in [0.5, 0.6) is 0 Å². The van der Waals surface area contributed by atoms with Crippen LogP contribution in [0, 0.1) is 6.92 Å². The summed E-state index contributed by atoms with van der Waals surface area (Å²) >= 11 is 1.43. The molecule has 1 saturated heterocycles. The zero-order valence-electron chi connectivity index (χ0n) is 16.0. The van der Waals surface area contributed by atoms with E-state index in [1.165, 1.54) is 24.2 Å². The molecule has 3 aromatic rings. The van der Waals surface area contributed by atoms with E-state index in [0.717, 1.165) is 36.3 Å². The molecule has 0 radical (unpaired) electrons. The van der Waals surface area contributed by atoms with Gasteiger partial charge in [-0.1, -0.05) is 18.2 Å². The summed E-state index contributed by atoms with van der Waals surface area (Å²) in [7, 11) is 0. The van der Waals surface area contributed by atoms with Gasteiger partial charge in [0.05, 0.1) is 29.0 Å². The van der Waals surface area contributed by atoms with Gasteiger partial charge >= 0.3 is 0 Å². The first kappa shape index (κ1) is 18.8. The summed E-state index contributed by atoms with van der Waals surface area (Å²) < 4.78 is 1.55. The highest BCUT2D eigenvalue weighted by molar-refractivity contribution is 7.12. The van der Waals surface area contributed by atoms with Gasteiger partial charge in [-0.05, 0) is 55.9 Å². The van der Waals surface area contributed by atoms with Crippen LogP contribution < -0.4 is 10.9 Å². The van der Waals surface area contributed by atoms with Gasteiger partial charge in [-0.3, -0.25) is 9.59 Å². The molecule has 0 unspecified atom stereocenters. The predicted molar refractivity (Wildman–Crippen MR) is 112 cm³/mol. The molecule has 0 spiro atoms. The molecule has 7 heteroatoms. The largest absolute Gasteiger partial charge is 0.346 e. The smallest absolute Gasteiger partial charge is 0.274 e. The minimum atomic E-state index is -0.112. The second kappa shape index (κ2) is 8.24. The lowest BCUT2D eigenvalue weighted by molar-refractivity contribution is 0.0954. The van der Waals surface area contributed by atoms with Gasteiger partial charge < -0.3 is 10.2 Å². The third kappa shape index (κ3) is 4.00. The van der Waals surface area contributed by atoms with Gasteiger partial charge in [-0.2, -0.15) is 5.10 Å². The fraction of sp³-hybridized carbons (Fsp3) is 0.381. The Morgan fingerprint density at radius 3 is 2.64 bits per heavy atom. The van der Waals surface area contributed by atoms with Gasteiger partial charge in [0.25, 0.3) is 11.5 Å². The molecule has 0 bridgehead atoms. The Labute approximate surface area is 167 Å². The number of carbonyl (C=O) groups is 1. The average molecular weight is 397 g/mol. The highest BCUT2D eigenvalue weighted by atomic mass is 32.1. The third-order valence-electron chi connectivity index (χ3n) is 5.14. The van der Waals surface area contributed by atoms with Crippen LogP contribution in [0.15, 0.2) is 40.5 Å². The molecule has 1 amide bonds. The van der Waals surface area contributed by atoms with Crippen LogP contribution in [0.25, 0.3) is 10.8 Å². The van der Waals surface area contributed by atoms with Crippen molar-refractivity contribution in [2.45, 2.75) is 32.9 Å². The fourth-order valence-electron chi connectivity index (χ4n) is 3.63. The number of amides is 1. The molecule has 4 rings (SSSR count). The van der Waals surface area contributed by atoms with Crippen LogP contribution in [0.1, 0.15) is 33.8 Å². The van der Waals surface area contributed by atoms with Crippen LogP contribution in [-0.2, 0) is 13.1 Å². The van der Waals surface area contributed by atoms with E-state index in [2.05, 4.69) is 15.3 Å². The van der Waals surface area contributed by atoms with E-state index in [1.807, 2.05) is 42.6 Å². The maximum Gasteiger partial charge on any atom is 0.274 e. The van der Waals surface area contributed by atoms with Gasteiger partial charge in [-0.25, -0.2) is 4.68 Å². The van der Waals surface area contributed by atoms with Gasteiger partial charge in [0.1, 0.15) is 0 Å². The molecule has 3 heterocycles. The number of thiophene rings is 1. The Balaban J connectivity index is 1.57. The number of hydrogen-bond donors (Lipinski definition) is 1. The Morgan fingerprint density at radius 2 is 1.93 bits per heavy atom. The number of aromatic nitrogens is 2. The number of fused-ring (bicyclic) bond motifs is 1. The second-order valence-electron chi connectivity index (χ2n) is 7.24. The van der Waals surface area contributed by atoms with Crippen LogP contribution in [-0.4, -0.2) is 40.2 Å². The molecule has 0 atom stereocenters. The maximum atomic E-state index is 12.8. The summed E-state index contributed by atoms with van der Waals surface area (Å²) in [5.41, 5.74) is 1.73. The minimum Gasteiger partial charge on any atom is -0.346 e. The standard InChI is InChI=1S/C21H24N4O2S/c1-15-12-19(28-14-15)20(26)22-13-18-16-6-2-3-7-17(16)21(27)25(23-18)11-10-24-8-4-5-9-24/h2-3,6-7,12,14H,4-5,8-11,13H2,1H3,(H,22,26). The second-order valence-corrected chi connectivity index (χ2v) is 8.15. The molecule has 0 aliphatic carbocycles. The Bertz CT molecular complexity index is 1050. The normalized spacial score (nSPS) is 14.6. The van der Waals surface area contributed by atoms with E-state index in [1.54, 1.807) is 4.68 Å².